The molecular weight excluding hydrogens is 281 g/mol. The number of rotatable bonds is 4. The molecule has 17 heavy (non-hydrogen) atoms. The molecule has 0 bridgehead atoms. The second-order valence-electron chi connectivity index (χ2n) is 5.77. The summed E-state index contributed by atoms with van der Waals surface area (Å²) in [6, 6.07) is 5.05. The molecule has 0 radical (unpaired) electrons. The minimum absolute atomic E-state index is 0.210. The molecule has 0 spiro atoms. The van der Waals surface area contributed by atoms with E-state index in [1.165, 1.54) is 12.1 Å². The second kappa shape index (κ2) is 5.85. The molecule has 0 saturated carbocycles. The molecule has 3 heteroatoms. The van der Waals surface area contributed by atoms with E-state index in [0.29, 0.717) is 11.5 Å². The third kappa shape index (κ3) is 5.53. The smallest absolute Gasteiger partial charge is 0.125 e. The van der Waals surface area contributed by atoms with Crippen molar-refractivity contribution in [3.05, 3.63) is 28.5 Å². The molecule has 96 valence electrons. The Kier molecular flexibility index (Phi) is 4.99. The van der Waals surface area contributed by atoms with Crippen LogP contribution >= 0.6 is 15.9 Å². The van der Waals surface area contributed by atoms with Gasteiger partial charge in [0.2, 0.25) is 0 Å². The minimum atomic E-state index is -0.210. The van der Waals surface area contributed by atoms with Gasteiger partial charge in [0.15, 0.2) is 0 Å². The molecule has 1 unspecified atom stereocenters. The molecule has 1 nitrogen and oxygen atoms in total. The fourth-order valence-electron chi connectivity index (χ4n) is 1.60. The SMILES string of the molecule is CC(CCC(C)(C)C)Nc1cc(F)ccc1Br. The number of hydrogen-bond acceptors (Lipinski definition) is 1. The van der Waals surface area contributed by atoms with E-state index < -0.39 is 0 Å². The van der Waals surface area contributed by atoms with Crippen molar-refractivity contribution in [1.29, 1.82) is 0 Å². The Labute approximate surface area is 112 Å². The Bertz CT molecular complexity index is 371. The second-order valence-corrected chi connectivity index (χ2v) is 6.62. The van der Waals surface area contributed by atoms with E-state index in [9.17, 15) is 4.39 Å². The van der Waals surface area contributed by atoms with Crippen molar-refractivity contribution in [2.75, 3.05) is 5.32 Å². The molecule has 1 N–H and O–H groups in total. The standard InChI is InChI=1S/C14H21BrFN/c1-10(7-8-14(2,3)4)17-13-9-11(16)5-6-12(13)15/h5-6,9-10,17H,7-8H2,1-4H3. The fraction of sp³-hybridized carbons (Fsp3) is 0.571. The van der Waals surface area contributed by atoms with E-state index in [1.807, 2.05) is 0 Å². The van der Waals surface area contributed by atoms with E-state index in [4.69, 9.17) is 0 Å². The van der Waals surface area contributed by atoms with Gasteiger partial charge in [-0.2, -0.15) is 0 Å². The third-order valence-corrected chi connectivity index (χ3v) is 3.35. The van der Waals surface area contributed by atoms with E-state index in [0.717, 1.165) is 23.0 Å². The lowest BCUT2D eigenvalue weighted by Crippen LogP contribution is -2.18. The normalized spacial score (nSPS) is 13.5. The van der Waals surface area contributed by atoms with Crippen molar-refractivity contribution in [3.8, 4) is 0 Å². The Morgan fingerprint density at radius 3 is 2.59 bits per heavy atom. The van der Waals surface area contributed by atoms with Gasteiger partial charge >= 0.3 is 0 Å². The van der Waals surface area contributed by atoms with Gasteiger partial charge in [0.1, 0.15) is 5.82 Å². The summed E-state index contributed by atoms with van der Waals surface area (Å²) in [4.78, 5) is 0. The molecule has 0 amide bonds. The molecular formula is C14H21BrFN. The molecule has 0 aliphatic rings. The maximum absolute atomic E-state index is 13.1. The van der Waals surface area contributed by atoms with Crippen LogP contribution in [0.1, 0.15) is 40.5 Å². The lowest BCUT2D eigenvalue weighted by atomic mass is 9.89. The van der Waals surface area contributed by atoms with Gasteiger partial charge in [0.05, 0.1) is 5.69 Å². The number of benzene rings is 1. The number of nitrogens with one attached hydrogen (secondary N) is 1. The zero-order valence-electron chi connectivity index (χ0n) is 11.0. The molecule has 1 rings (SSSR count). The predicted octanol–water partition coefficient (Wildman–Crippen LogP) is 5.21. The van der Waals surface area contributed by atoms with E-state index in [-0.39, 0.29) is 5.82 Å². The lowest BCUT2D eigenvalue weighted by Gasteiger charge is -2.22. The van der Waals surface area contributed by atoms with Crippen molar-refractivity contribution in [2.45, 2.75) is 46.6 Å². The van der Waals surface area contributed by atoms with Crippen molar-refractivity contribution >= 4 is 21.6 Å². The number of halogens is 2. The van der Waals surface area contributed by atoms with Crippen molar-refractivity contribution in [2.24, 2.45) is 5.41 Å². The van der Waals surface area contributed by atoms with Crippen LogP contribution in [0, 0.1) is 11.2 Å². The van der Waals surface area contributed by atoms with Crippen LogP contribution in [-0.4, -0.2) is 6.04 Å². The van der Waals surface area contributed by atoms with Gasteiger partial charge in [-0.05, 0) is 59.3 Å². The zero-order chi connectivity index (χ0) is 13.1. The molecule has 0 aliphatic heterocycles. The highest BCUT2D eigenvalue weighted by molar-refractivity contribution is 9.10. The topological polar surface area (TPSA) is 12.0 Å². The predicted molar refractivity (Wildman–Crippen MR) is 75.9 cm³/mol. The van der Waals surface area contributed by atoms with Crippen molar-refractivity contribution < 1.29 is 4.39 Å². The van der Waals surface area contributed by atoms with Gasteiger partial charge < -0.3 is 5.32 Å². The molecule has 1 aromatic rings. The third-order valence-electron chi connectivity index (χ3n) is 2.66. The van der Waals surface area contributed by atoms with Crippen LogP contribution in [0.25, 0.3) is 0 Å². The fourth-order valence-corrected chi connectivity index (χ4v) is 1.96. The highest BCUT2D eigenvalue weighted by Gasteiger charge is 2.13. The summed E-state index contributed by atoms with van der Waals surface area (Å²) in [5.41, 5.74) is 1.17. The molecule has 0 saturated heterocycles. The van der Waals surface area contributed by atoms with Crippen molar-refractivity contribution in [1.82, 2.24) is 0 Å². The minimum Gasteiger partial charge on any atom is -0.382 e. The van der Waals surface area contributed by atoms with Crippen LogP contribution in [0.4, 0.5) is 10.1 Å². The summed E-state index contributed by atoms with van der Waals surface area (Å²) in [5.74, 6) is -0.210. The average molecular weight is 302 g/mol. The van der Waals surface area contributed by atoms with Gasteiger partial charge in [-0.25, -0.2) is 4.39 Å². The molecule has 0 aliphatic carbocycles. The van der Waals surface area contributed by atoms with Crippen LogP contribution in [0.2, 0.25) is 0 Å². The molecule has 0 fully saturated rings. The highest BCUT2D eigenvalue weighted by atomic mass is 79.9. The first-order valence-electron chi connectivity index (χ1n) is 5.99. The first kappa shape index (κ1) is 14.5. The van der Waals surface area contributed by atoms with Gasteiger partial charge in [-0.1, -0.05) is 20.8 Å². The Morgan fingerprint density at radius 1 is 1.35 bits per heavy atom. The van der Waals surface area contributed by atoms with E-state index >= 15 is 0 Å². The number of anilines is 1. The Morgan fingerprint density at radius 2 is 2.00 bits per heavy atom. The monoisotopic (exact) mass is 301 g/mol. The zero-order valence-corrected chi connectivity index (χ0v) is 12.6. The summed E-state index contributed by atoms with van der Waals surface area (Å²) in [5, 5.41) is 3.34. The Hall–Kier alpha value is -0.570. The quantitative estimate of drug-likeness (QED) is 0.804. The largest absolute Gasteiger partial charge is 0.382 e. The summed E-state index contributed by atoms with van der Waals surface area (Å²) in [6.07, 6.45) is 2.22. The molecule has 0 heterocycles. The van der Waals surface area contributed by atoms with Crippen LogP contribution in [0.15, 0.2) is 22.7 Å². The van der Waals surface area contributed by atoms with Gasteiger partial charge in [0, 0.05) is 10.5 Å². The molecule has 1 aromatic carbocycles. The van der Waals surface area contributed by atoms with Crippen LogP contribution < -0.4 is 5.32 Å². The van der Waals surface area contributed by atoms with Crippen LogP contribution in [0.3, 0.4) is 0 Å². The maximum atomic E-state index is 13.1. The van der Waals surface area contributed by atoms with E-state index in [1.54, 1.807) is 6.07 Å². The van der Waals surface area contributed by atoms with Crippen molar-refractivity contribution in [3.63, 3.8) is 0 Å². The average Bonchev–Trinajstić information content (AvgIpc) is 2.20. The Balaban J connectivity index is 2.56. The first-order valence-corrected chi connectivity index (χ1v) is 6.79. The summed E-state index contributed by atoms with van der Waals surface area (Å²) in [6.45, 7) is 8.83. The molecule has 0 aromatic heterocycles. The summed E-state index contributed by atoms with van der Waals surface area (Å²) in [7, 11) is 0. The lowest BCUT2D eigenvalue weighted by molar-refractivity contribution is 0.357. The van der Waals surface area contributed by atoms with E-state index in [2.05, 4.69) is 48.9 Å². The summed E-state index contributed by atoms with van der Waals surface area (Å²) >= 11 is 3.42. The molecule has 1 atom stereocenters. The van der Waals surface area contributed by atoms with Crippen LogP contribution in [0.5, 0.6) is 0 Å². The highest BCUT2D eigenvalue weighted by Crippen LogP contribution is 2.26. The summed E-state index contributed by atoms with van der Waals surface area (Å²) < 4.78 is 14.0. The van der Waals surface area contributed by atoms with Crippen LogP contribution in [-0.2, 0) is 0 Å². The van der Waals surface area contributed by atoms with Gasteiger partial charge in [-0.15, -0.1) is 0 Å². The number of hydrogen-bond donors (Lipinski definition) is 1. The first-order chi connectivity index (χ1) is 7.78. The van der Waals surface area contributed by atoms with Gasteiger partial charge in [-0.3, -0.25) is 0 Å². The van der Waals surface area contributed by atoms with Gasteiger partial charge in [0.25, 0.3) is 0 Å². The maximum Gasteiger partial charge on any atom is 0.125 e.